The number of ether oxygens (including phenoxy) is 3. The molecule has 2 heterocycles. The highest BCUT2D eigenvalue weighted by Crippen LogP contribution is 2.67. The third-order valence-electron chi connectivity index (χ3n) is 10.0. The van der Waals surface area contributed by atoms with Gasteiger partial charge in [-0.1, -0.05) is 55.3 Å². The van der Waals surface area contributed by atoms with E-state index in [2.05, 4.69) is 31.4 Å². The van der Waals surface area contributed by atoms with Crippen LogP contribution >= 0.6 is 23.2 Å². The molecule has 2 fully saturated rings. The molecular weight excluding hydrogens is 587 g/mol. The van der Waals surface area contributed by atoms with Crippen molar-refractivity contribution in [2.24, 2.45) is 5.92 Å². The lowest BCUT2D eigenvalue weighted by atomic mass is 9.48. The molecule has 9 heteroatoms. The van der Waals surface area contributed by atoms with Gasteiger partial charge in [0.25, 0.3) is 0 Å². The highest BCUT2D eigenvalue weighted by Gasteiger charge is 2.75. The van der Waals surface area contributed by atoms with Crippen LogP contribution in [-0.4, -0.2) is 72.2 Å². The normalized spacial score (nSPS) is 28.6. The third-order valence-corrected chi connectivity index (χ3v) is 10.8. The van der Waals surface area contributed by atoms with E-state index in [1.807, 2.05) is 23.1 Å². The summed E-state index contributed by atoms with van der Waals surface area (Å²) in [5.41, 5.74) is 1.67. The zero-order valence-corrected chi connectivity index (χ0v) is 26.8. The molecule has 1 saturated heterocycles. The van der Waals surface area contributed by atoms with Crippen LogP contribution in [0.25, 0.3) is 0 Å². The van der Waals surface area contributed by atoms with Gasteiger partial charge in [0, 0.05) is 32.1 Å². The van der Waals surface area contributed by atoms with E-state index < -0.39 is 17.1 Å². The van der Waals surface area contributed by atoms with Gasteiger partial charge in [-0.05, 0) is 60.9 Å². The smallest absolute Gasteiger partial charge is 0.303 e. The van der Waals surface area contributed by atoms with Crippen molar-refractivity contribution in [3.63, 3.8) is 0 Å². The fraction of sp³-hybridized carbons (Fsp3) is 0.529. The fourth-order valence-electron chi connectivity index (χ4n) is 8.63. The van der Waals surface area contributed by atoms with Gasteiger partial charge in [0.2, 0.25) is 5.91 Å². The minimum atomic E-state index is -0.803. The number of hydrogen-bond acceptors (Lipinski definition) is 6. The number of methoxy groups -OCH3 is 1. The van der Waals surface area contributed by atoms with Crippen LogP contribution in [0, 0.1) is 5.92 Å². The van der Waals surface area contributed by atoms with Crippen LogP contribution in [0.3, 0.4) is 0 Å². The third kappa shape index (κ3) is 4.65. The standard InChI is InChI=1S/C34H40Cl2N2O5/c1-6-14-37-15-13-33-30-23-8-10-27(41-5)31(30)42-32(33)26(11-12-34(33,28(37)18-23)43-21(4)39)38(19-20(2)3)29(40)17-22-7-9-24(35)25(36)16-22/h6-10,16,20,26,28,32H,1,11-15,17-19H2,2-5H3/t26-,28-,32+,33+,34-/m1/s1. The number of benzene rings is 2. The summed E-state index contributed by atoms with van der Waals surface area (Å²) in [6, 6.07) is 9.20. The van der Waals surface area contributed by atoms with Gasteiger partial charge in [-0.25, -0.2) is 0 Å². The van der Waals surface area contributed by atoms with Crippen LogP contribution in [-0.2, 0) is 32.6 Å². The van der Waals surface area contributed by atoms with Crippen molar-refractivity contribution >= 4 is 35.1 Å². The Morgan fingerprint density at radius 2 is 2.00 bits per heavy atom. The summed E-state index contributed by atoms with van der Waals surface area (Å²) in [5, 5.41) is 0.889. The molecule has 43 heavy (non-hydrogen) atoms. The van der Waals surface area contributed by atoms with Gasteiger partial charge >= 0.3 is 5.97 Å². The van der Waals surface area contributed by atoms with Crippen molar-refractivity contribution in [2.75, 3.05) is 26.7 Å². The number of hydrogen-bond donors (Lipinski definition) is 0. The number of nitrogens with zero attached hydrogens (tertiary/aromatic N) is 2. The number of piperidine rings is 1. The van der Waals surface area contributed by atoms with Crippen molar-refractivity contribution in [3.8, 4) is 11.5 Å². The summed E-state index contributed by atoms with van der Waals surface area (Å²) in [6.45, 7) is 11.9. The van der Waals surface area contributed by atoms with E-state index in [4.69, 9.17) is 37.4 Å². The lowest BCUT2D eigenvalue weighted by Crippen LogP contribution is -2.79. The predicted octanol–water partition coefficient (Wildman–Crippen LogP) is 6.01. The van der Waals surface area contributed by atoms with Gasteiger partial charge in [-0.2, -0.15) is 0 Å². The van der Waals surface area contributed by atoms with Crippen LogP contribution in [0.15, 0.2) is 43.0 Å². The Morgan fingerprint density at radius 3 is 2.67 bits per heavy atom. The first-order valence-electron chi connectivity index (χ1n) is 15.2. The molecule has 1 saturated carbocycles. The highest BCUT2D eigenvalue weighted by molar-refractivity contribution is 6.42. The first-order chi connectivity index (χ1) is 20.6. The highest BCUT2D eigenvalue weighted by atomic mass is 35.5. The molecule has 1 amide bonds. The van der Waals surface area contributed by atoms with Crippen molar-refractivity contribution in [2.45, 2.75) is 82.1 Å². The first-order valence-corrected chi connectivity index (χ1v) is 16.0. The average Bonchev–Trinajstić information content (AvgIpc) is 3.30. The molecule has 2 aromatic carbocycles. The second-order valence-corrected chi connectivity index (χ2v) is 13.7. The molecule has 5 atom stereocenters. The quantitative estimate of drug-likeness (QED) is 0.251. The number of likely N-dealkylation sites (tertiary alicyclic amines) is 1. The number of halogens is 2. The van der Waals surface area contributed by atoms with Crippen molar-refractivity contribution in [1.82, 2.24) is 9.80 Å². The lowest BCUT2D eigenvalue weighted by molar-refractivity contribution is -0.223. The van der Waals surface area contributed by atoms with E-state index >= 15 is 0 Å². The molecule has 7 nitrogen and oxygen atoms in total. The van der Waals surface area contributed by atoms with E-state index in [-0.39, 0.29) is 36.3 Å². The van der Waals surface area contributed by atoms with Gasteiger partial charge in [-0.15, -0.1) is 6.58 Å². The number of esters is 1. The van der Waals surface area contributed by atoms with Crippen LogP contribution < -0.4 is 9.47 Å². The zero-order valence-electron chi connectivity index (χ0n) is 25.3. The molecule has 0 aromatic heterocycles. The fourth-order valence-corrected chi connectivity index (χ4v) is 8.96. The molecule has 2 aliphatic carbocycles. The molecule has 2 aliphatic heterocycles. The molecule has 1 spiro atoms. The van der Waals surface area contributed by atoms with Crippen molar-refractivity contribution < 1.29 is 23.8 Å². The summed E-state index contributed by atoms with van der Waals surface area (Å²) in [5.74, 6) is 1.35. The summed E-state index contributed by atoms with van der Waals surface area (Å²) in [6.07, 6.45) is 4.46. The van der Waals surface area contributed by atoms with E-state index in [1.165, 1.54) is 12.5 Å². The Bertz CT molecular complexity index is 1460. The minimum absolute atomic E-state index is 0.0108. The van der Waals surface area contributed by atoms with E-state index in [0.29, 0.717) is 41.7 Å². The number of carbonyl (C=O) groups excluding carboxylic acids is 2. The predicted molar refractivity (Wildman–Crippen MR) is 167 cm³/mol. The summed E-state index contributed by atoms with van der Waals surface area (Å²) in [7, 11) is 1.65. The molecule has 0 radical (unpaired) electrons. The van der Waals surface area contributed by atoms with Crippen molar-refractivity contribution in [3.05, 3.63) is 69.7 Å². The Morgan fingerprint density at radius 1 is 1.21 bits per heavy atom. The Labute approximate surface area is 264 Å². The first kappa shape index (κ1) is 30.3. The van der Waals surface area contributed by atoms with E-state index in [9.17, 15) is 9.59 Å². The van der Waals surface area contributed by atoms with Gasteiger partial charge in [0.05, 0.1) is 41.1 Å². The Balaban J connectivity index is 1.48. The largest absolute Gasteiger partial charge is 0.493 e. The number of amides is 1. The SMILES string of the molecule is C=CCN1CC[C@]23c4c5ccc(OC)c4O[C@H]2[C@H](N(CC(C)C)C(=O)Cc2ccc(Cl)c(Cl)c2)CC[C@@]3(OC(C)=O)[C@H]1C5. The van der Waals surface area contributed by atoms with Gasteiger partial charge in [0.1, 0.15) is 11.7 Å². The molecule has 2 bridgehead atoms. The van der Waals surface area contributed by atoms with Gasteiger partial charge in [-0.3, -0.25) is 14.5 Å². The molecule has 2 aromatic rings. The zero-order chi connectivity index (χ0) is 30.7. The topological polar surface area (TPSA) is 68.3 Å². The number of carbonyl (C=O) groups is 2. The molecule has 0 N–H and O–H groups in total. The Hall–Kier alpha value is -2.74. The molecule has 4 aliphatic rings. The molecule has 230 valence electrons. The second kappa shape index (κ2) is 11.3. The molecular formula is C34H40Cl2N2O5. The van der Waals surface area contributed by atoms with Crippen LogP contribution in [0.2, 0.25) is 10.0 Å². The maximum atomic E-state index is 14.2. The van der Waals surface area contributed by atoms with Crippen LogP contribution in [0.1, 0.15) is 56.7 Å². The maximum absolute atomic E-state index is 14.2. The van der Waals surface area contributed by atoms with Gasteiger partial charge < -0.3 is 19.1 Å². The van der Waals surface area contributed by atoms with E-state index in [0.717, 1.165) is 36.3 Å². The second-order valence-electron chi connectivity index (χ2n) is 12.8. The molecule has 0 unspecified atom stereocenters. The maximum Gasteiger partial charge on any atom is 0.303 e. The molecule has 6 rings (SSSR count). The number of rotatable bonds is 9. The average molecular weight is 628 g/mol. The minimum Gasteiger partial charge on any atom is -0.493 e. The van der Waals surface area contributed by atoms with Crippen molar-refractivity contribution in [1.29, 1.82) is 0 Å². The van der Waals surface area contributed by atoms with Crippen LogP contribution in [0.5, 0.6) is 11.5 Å². The monoisotopic (exact) mass is 626 g/mol. The van der Waals surface area contributed by atoms with Crippen LogP contribution in [0.4, 0.5) is 0 Å². The Kier molecular flexibility index (Phi) is 7.97. The summed E-state index contributed by atoms with van der Waals surface area (Å²) >= 11 is 12.5. The van der Waals surface area contributed by atoms with E-state index in [1.54, 1.807) is 19.2 Å². The summed E-state index contributed by atoms with van der Waals surface area (Å²) in [4.78, 5) is 31.6. The van der Waals surface area contributed by atoms with Gasteiger partial charge in [0.15, 0.2) is 11.5 Å². The lowest BCUT2D eigenvalue weighted by Gasteiger charge is -2.65. The summed E-state index contributed by atoms with van der Waals surface area (Å²) < 4.78 is 19.4.